The summed E-state index contributed by atoms with van der Waals surface area (Å²) in [5, 5.41) is 2.77. The van der Waals surface area contributed by atoms with Gasteiger partial charge in [-0.15, -0.1) is 0 Å². The van der Waals surface area contributed by atoms with E-state index in [9.17, 15) is 14.0 Å². The lowest BCUT2D eigenvalue weighted by atomic mass is 9.96. The lowest BCUT2D eigenvalue weighted by molar-refractivity contribution is -0.126. The first-order chi connectivity index (χ1) is 12.0. The molecule has 2 amide bonds. The van der Waals surface area contributed by atoms with Crippen LogP contribution < -0.4 is 5.32 Å². The minimum absolute atomic E-state index is 0.118. The van der Waals surface area contributed by atoms with E-state index in [0.717, 1.165) is 10.9 Å². The van der Waals surface area contributed by atoms with Crippen LogP contribution in [0.1, 0.15) is 29.0 Å². The molecule has 1 aromatic carbocycles. The maximum absolute atomic E-state index is 13.8. The highest BCUT2D eigenvalue weighted by atomic mass is 79.9. The predicted molar refractivity (Wildman–Crippen MR) is 93.3 cm³/mol. The molecule has 1 fully saturated rings. The summed E-state index contributed by atoms with van der Waals surface area (Å²) in [7, 11) is 0. The molecule has 0 bridgehead atoms. The number of hydrogen-bond acceptors (Lipinski definition) is 3. The first kappa shape index (κ1) is 17.7. The SMILES string of the molecule is O=C(NCc1cc(Br)ccc1F)C1CCCN(C(=O)c2ccco2)C1. The third-order valence-corrected chi connectivity index (χ3v) is 4.77. The zero-order chi connectivity index (χ0) is 17.8. The predicted octanol–water partition coefficient (Wildman–Crippen LogP) is 3.35. The molecule has 3 rings (SSSR count). The van der Waals surface area contributed by atoms with Crippen LogP contribution in [0.4, 0.5) is 4.39 Å². The fourth-order valence-electron chi connectivity index (χ4n) is 2.94. The second-order valence-electron chi connectivity index (χ2n) is 6.02. The van der Waals surface area contributed by atoms with Crippen molar-refractivity contribution in [2.24, 2.45) is 5.92 Å². The number of benzene rings is 1. The van der Waals surface area contributed by atoms with Crippen molar-refractivity contribution >= 4 is 27.7 Å². The Kier molecular flexibility index (Phi) is 5.53. The molecule has 0 aliphatic carbocycles. The third kappa shape index (κ3) is 4.28. The van der Waals surface area contributed by atoms with E-state index in [1.807, 2.05) is 0 Å². The Labute approximate surface area is 153 Å². The van der Waals surface area contributed by atoms with Gasteiger partial charge in [0.15, 0.2) is 5.76 Å². The van der Waals surface area contributed by atoms with Gasteiger partial charge in [0.05, 0.1) is 12.2 Å². The molecule has 0 saturated carbocycles. The zero-order valence-electron chi connectivity index (χ0n) is 13.5. The van der Waals surface area contributed by atoms with Gasteiger partial charge >= 0.3 is 0 Å². The summed E-state index contributed by atoms with van der Waals surface area (Å²) < 4.78 is 19.6. The van der Waals surface area contributed by atoms with Crippen molar-refractivity contribution in [1.29, 1.82) is 0 Å². The Morgan fingerprint density at radius 3 is 2.96 bits per heavy atom. The first-order valence-electron chi connectivity index (χ1n) is 8.09. The quantitative estimate of drug-likeness (QED) is 0.843. The number of rotatable bonds is 4. The van der Waals surface area contributed by atoms with Gasteiger partial charge < -0.3 is 14.6 Å². The number of halogens is 2. The van der Waals surface area contributed by atoms with Crippen LogP contribution in [0, 0.1) is 11.7 Å². The highest BCUT2D eigenvalue weighted by Crippen LogP contribution is 2.20. The van der Waals surface area contributed by atoms with Gasteiger partial charge in [-0.3, -0.25) is 9.59 Å². The monoisotopic (exact) mass is 408 g/mol. The highest BCUT2D eigenvalue weighted by molar-refractivity contribution is 9.10. The van der Waals surface area contributed by atoms with Crippen LogP contribution in [-0.4, -0.2) is 29.8 Å². The summed E-state index contributed by atoms with van der Waals surface area (Å²) in [6.45, 7) is 1.06. The van der Waals surface area contributed by atoms with Gasteiger partial charge in [-0.2, -0.15) is 0 Å². The van der Waals surface area contributed by atoms with Crippen molar-refractivity contribution in [2.45, 2.75) is 19.4 Å². The van der Waals surface area contributed by atoms with E-state index in [2.05, 4.69) is 21.2 Å². The summed E-state index contributed by atoms with van der Waals surface area (Å²) >= 11 is 3.29. The van der Waals surface area contributed by atoms with E-state index >= 15 is 0 Å². The molecule has 132 valence electrons. The summed E-state index contributed by atoms with van der Waals surface area (Å²) in [6.07, 6.45) is 2.90. The van der Waals surface area contributed by atoms with Crippen LogP contribution in [0.15, 0.2) is 45.5 Å². The second kappa shape index (κ2) is 7.82. The van der Waals surface area contributed by atoms with Crippen LogP contribution >= 0.6 is 15.9 Å². The summed E-state index contributed by atoms with van der Waals surface area (Å²) in [5.74, 6) is -0.765. The molecule has 25 heavy (non-hydrogen) atoms. The van der Waals surface area contributed by atoms with E-state index in [0.29, 0.717) is 25.1 Å². The molecule has 1 N–H and O–H groups in total. The van der Waals surface area contributed by atoms with Crippen molar-refractivity contribution in [3.05, 3.63) is 58.2 Å². The molecule has 5 nitrogen and oxygen atoms in total. The lowest BCUT2D eigenvalue weighted by Gasteiger charge is -2.31. The van der Waals surface area contributed by atoms with E-state index in [-0.39, 0.29) is 35.9 Å². The minimum atomic E-state index is -0.359. The molecule has 7 heteroatoms. The van der Waals surface area contributed by atoms with Crippen molar-refractivity contribution in [3.63, 3.8) is 0 Å². The van der Waals surface area contributed by atoms with E-state index < -0.39 is 0 Å². The maximum atomic E-state index is 13.8. The number of amides is 2. The Bertz CT molecular complexity index is 764. The number of nitrogens with one attached hydrogen (secondary N) is 1. The normalized spacial score (nSPS) is 17.4. The Hall–Kier alpha value is -2.15. The molecule has 2 aromatic rings. The fourth-order valence-corrected chi connectivity index (χ4v) is 3.35. The second-order valence-corrected chi connectivity index (χ2v) is 6.94. The molecule has 1 aliphatic heterocycles. The molecule has 1 aromatic heterocycles. The first-order valence-corrected chi connectivity index (χ1v) is 8.88. The van der Waals surface area contributed by atoms with Gasteiger partial charge in [-0.1, -0.05) is 15.9 Å². The number of furan rings is 1. The highest BCUT2D eigenvalue weighted by Gasteiger charge is 2.29. The van der Waals surface area contributed by atoms with E-state index in [1.165, 1.54) is 12.3 Å². The van der Waals surface area contributed by atoms with Crippen LogP contribution in [-0.2, 0) is 11.3 Å². The molecule has 1 atom stereocenters. The number of carbonyl (C=O) groups excluding carboxylic acids is 2. The van der Waals surface area contributed by atoms with Gasteiger partial charge in [-0.25, -0.2) is 4.39 Å². The fraction of sp³-hybridized carbons (Fsp3) is 0.333. The largest absolute Gasteiger partial charge is 0.459 e. The number of likely N-dealkylation sites (tertiary alicyclic amines) is 1. The van der Waals surface area contributed by atoms with Crippen molar-refractivity contribution in [3.8, 4) is 0 Å². The van der Waals surface area contributed by atoms with Crippen LogP contribution in [0.5, 0.6) is 0 Å². The van der Waals surface area contributed by atoms with Gasteiger partial charge in [0.1, 0.15) is 5.82 Å². The molecule has 0 spiro atoms. The Balaban J connectivity index is 1.58. The molecule has 1 unspecified atom stereocenters. The molecule has 1 saturated heterocycles. The van der Waals surface area contributed by atoms with E-state index in [1.54, 1.807) is 29.2 Å². The molecule has 0 radical (unpaired) electrons. The minimum Gasteiger partial charge on any atom is -0.459 e. The van der Waals surface area contributed by atoms with Gasteiger partial charge in [-0.05, 0) is 43.2 Å². The van der Waals surface area contributed by atoms with Crippen molar-refractivity contribution < 1.29 is 18.4 Å². The maximum Gasteiger partial charge on any atom is 0.289 e. The Morgan fingerprint density at radius 1 is 1.36 bits per heavy atom. The molecule has 1 aliphatic rings. The number of carbonyl (C=O) groups is 2. The summed E-state index contributed by atoms with van der Waals surface area (Å²) in [5.41, 5.74) is 0.419. The average molecular weight is 409 g/mol. The number of nitrogens with zero attached hydrogens (tertiary/aromatic N) is 1. The van der Waals surface area contributed by atoms with Gasteiger partial charge in [0.25, 0.3) is 5.91 Å². The average Bonchev–Trinajstić information content (AvgIpc) is 3.16. The standard InChI is InChI=1S/C18H18BrFN2O3/c19-14-5-6-15(20)13(9-14)10-21-17(23)12-3-1-7-22(11-12)18(24)16-4-2-8-25-16/h2,4-6,8-9,12H,1,3,7,10-11H2,(H,21,23). The Morgan fingerprint density at radius 2 is 2.20 bits per heavy atom. The molecule has 2 heterocycles. The van der Waals surface area contributed by atoms with Crippen LogP contribution in [0.2, 0.25) is 0 Å². The zero-order valence-corrected chi connectivity index (χ0v) is 15.1. The number of hydrogen-bond donors (Lipinski definition) is 1. The smallest absolute Gasteiger partial charge is 0.289 e. The summed E-state index contributed by atoms with van der Waals surface area (Å²) in [6, 6.07) is 7.88. The van der Waals surface area contributed by atoms with Gasteiger partial charge in [0.2, 0.25) is 5.91 Å². The molecular weight excluding hydrogens is 391 g/mol. The van der Waals surface area contributed by atoms with Crippen molar-refractivity contribution in [1.82, 2.24) is 10.2 Å². The van der Waals surface area contributed by atoms with Gasteiger partial charge in [0, 0.05) is 29.7 Å². The topological polar surface area (TPSA) is 62.6 Å². The lowest BCUT2D eigenvalue weighted by Crippen LogP contribution is -2.45. The summed E-state index contributed by atoms with van der Waals surface area (Å²) in [4.78, 5) is 26.4. The molecular formula is C18H18BrFN2O3. The third-order valence-electron chi connectivity index (χ3n) is 4.27. The van der Waals surface area contributed by atoms with Crippen LogP contribution in [0.25, 0.3) is 0 Å². The van der Waals surface area contributed by atoms with Crippen LogP contribution in [0.3, 0.4) is 0 Å². The van der Waals surface area contributed by atoms with Crippen molar-refractivity contribution in [2.75, 3.05) is 13.1 Å². The number of piperidine rings is 1. The van der Waals surface area contributed by atoms with E-state index in [4.69, 9.17) is 4.42 Å².